The highest BCUT2D eigenvalue weighted by molar-refractivity contribution is 6.42. The van der Waals surface area contributed by atoms with Crippen LogP contribution in [0.2, 0.25) is 10.0 Å². The third kappa shape index (κ3) is 5.58. The van der Waals surface area contributed by atoms with E-state index in [9.17, 15) is 19.1 Å². The minimum absolute atomic E-state index is 0.0168. The van der Waals surface area contributed by atoms with Gasteiger partial charge in [-0.3, -0.25) is 9.59 Å². The number of carbonyl (C=O) groups is 2. The highest BCUT2D eigenvalue weighted by Gasteiger charge is 2.38. The molecule has 0 saturated heterocycles. The third-order valence-electron chi connectivity index (χ3n) is 6.00. The Hall–Kier alpha value is -3.29. The van der Waals surface area contributed by atoms with Crippen LogP contribution < -0.4 is 9.47 Å². The van der Waals surface area contributed by atoms with Gasteiger partial charge in [-0.15, -0.1) is 0 Å². The quantitative estimate of drug-likeness (QED) is 0.397. The molecule has 0 fully saturated rings. The van der Waals surface area contributed by atoms with Gasteiger partial charge in [0.1, 0.15) is 18.0 Å². The summed E-state index contributed by atoms with van der Waals surface area (Å²) in [5, 5.41) is 10.1. The average molecular weight is 532 g/mol. The van der Waals surface area contributed by atoms with E-state index in [0.717, 1.165) is 5.56 Å². The standard InChI is InChI=1S/C27H24Cl2FNO5/c1-27(12-17-5-3-4-6-22(17)30)13-19-10-18(11-23(35-2)25(19)36-27)26(34)31(15-24(32)33)14-16-7-8-20(28)21(29)9-16/h3-11H,12-15H2,1-2H3,(H,32,33). The zero-order chi connectivity index (χ0) is 26.0. The number of carbonyl (C=O) groups excluding carboxylic acids is 1. The maximum absolute atomic E-state index is 14.3. The molecule has 1 unspecified atom stereocenters. The predicted octanol–water partition coefficient (Wildman–Crippen LogP) is 5.80. The van der Waals surface area contributed by atoms with Crippen molar-refractivity contribution in [2.75, 3.05) is 13.7 Å². The Balaban J connectivity index is 1.63. The molecular weight excluding hydrogens is 508 g/mol. The van der Waals surface area contributed by atoms with Gasteiger partial charge in [0.25, 0.3) is 5.91 Å². The van der Waals surface area contributed by atoms with Crippen molar-refractivity contribution < 1.29 is 28.6 Å². The number of carboxylic acid groups (broad SMARTS) is 1. The van der Waals surface area contributed by atoms with Crippen molar-refractivity contribution in [3.8, 4) is 11.5 Å². The van der Waals surface area contributed by atoms with Gasteiger partial charge in [0.05, 0.1) is 17.2 Å². The number of hydrogen-bond donors (Lipinski definition) is 1. The van der Waals surface area contributed by atoms with Crippen molar-refractivity contribution in [1.82, 2.24) is 4.90 Å². The van der Waals surface area contributed by atoms with E-state index in [1.165, 1.54) is 24.1 Å². The molecule has 3 aromatic rings. The van der Waals surface area contributed by atoms with Crippen LogP contribution >= 0.6 is 23.2 Å². The Kier molecular flexibility index (Phi) is 7.43. The average Bonchev–Trinajstić information content (AvgIpc) is 3.17. The lowest BCUT2D eigenvalue weighted by Crippen LogP contribution is -2.35. The first-order valence-corrected chi connectivity index (χ1v) is 11.9. The summed E-state index contributed by atoms with van der Waals surface area (Å²) in [6, 6.07) is 14.6. The molecule has 0 radical (unpaired) electrons. The lowest BCUT2D eigenvalue weighted by Gasteiger charge is -2.24. The molecule has 1 heterocycles. The van der Waals surface area contributed by atoms with Crippen LogP contribution in [-0.4, -0.2) is 41.1 Å². The van der Waals surface area contributed by atoms with Gasteiger partial charge in [0, 0.05) is 30.5 Å². The summed E-state index contributed by atoms with van der Waals surface area (Å²) < 4.78 is 26.0. The highest BCUT2D eigenvalue weighted by Crippen LogP contribution is 2.44. The summed E-state index contributed by atoms with van der Waals surface area (Å²) in [5.74, 6) is -1.13. The second-order valence-corrected chi connectivity index (χ2v) is 9.78. The third-order valence-corrected chi connectivity index (χ3v) is 6.74. The van der Waals surface area contributed by atoms with Crippen LogP contribution in [0.1, 0.15) is 34.0 Å². The molecular formula is C27H24Cl2FNO5. The number of halogens is 3. The van der Waals surface area contributed by atoms with Crippen molar-refractivity contribution in [2.45, 2.75) is 31.9 Å². The molecule has 4 rings (SSSR count). The van der Waals surface area contributed by atoms with E-state index in [1.54, 1.807) is 42.5 Å². The second kappa shape index (κ2) is 10.4. The number of methoxy groups -OCH3 is 1. The highest BCUT2D eigenvalue weighted by atomic mass is 35.5. The van der Waals surface area contributed by atoms with Crippen molar-refractivity contribution in [3.63, 3.8) is 0 Å². The van der Waals surface area contributed by atoms with Gasteiger partial charge in [-0.05, 0) is 48.4 Å². The van der Waals surface area contributed by atoms with Gasteiger partial charge in [0.15, 0.2) is 11.5 Å². The molecule has 0 bridgehead atoms. The number of hydrogen-bond acceptors (Lipinski definition) is 4. The Morgan fingerprint density at radius 2 is 1.89 bits per heavy atom. The molecule has 0 saturated carbocycles. The molecule has 188 valence electrons. The fourth-order valence-electron chi connectivity index (χ4n) is 4.41. The van der Waals surface area contributed by atoms with Crippen LogP contribution in [-0.2, 0) is 24.2 Å². The van der Waals surface area contributed by atoms with E-state index in [2.05, 4.69) is 0 Å². The van der Waals surface area contributed by atoms with Gasteiger partial charge < -0.3 is 19.5 Å². The zero-order valence-electron chi connectivity index (χ0n) is 19.7. The Morgan fingerprint density at radius 3 is 2.56 bits per heavy atom. The molecule has 0 aromatic heterocycles. The van der Waals surface area contributed by atoms with Crippen LogP contribution in [0.5, 0.6) is 11.5 Å². The zero-order valence-corrected chi connectivity index (χ0v) is 21.2. The molecule has 0 spiro atoms. The number of ether oxygens (including phenoxy) is 2. The van der Waals surface area contributed by atoms with Crippen molar-refractivity contribution >= 4 is 35.1 Å². The lowest BCUT2D eigenvalue weighted by molar-refractivity contribution is -0.137. The number of aliphatic carboxylic acids is 1. The van der Waals surface area contributed by atoms with Gasteiger partial charge in [-0.1, -0.05) is 47.5 Å². The molecule has 1 amide bonds. The Labute approximate surface area is 218 Å². The summed E-state index contributed by atoms with van der Waals surface area (Å²) in [6.45, 7) is 1.38. The predicted molar refractivity (Wildman–Crippen MR) is 135 cm³/mol. The molecule has 1 aliphatic rings. The van der Waals surface area contributed by atoms with Crippen molar-refractivity contribution in [3.05, 3.63) is 92.7 Å². The normalized spacial score (nSPS) is 16.2. The molecule has 9 heteroatoms. The largest absolute Gasteiger partial charge is 0.493 e. The topological polar surface area (TPSA) is 76.1 Å². The Morgan fingerprint density at radius 1 is 1.14 bits per heavy atom. The van der Waals surface area contributed by atoms with Gasteiger partial charge >= 0.3 is 5.97 Å². The molecule has 6 nitrogen and oxygen atoms in total. The number of fused-ring (bicyclic) bond motifs is 1. The summed E-state index contributed by atoms with van der Waals surface area (Å²) in [5.41, 5.74) is 1.39. The molecule has 36 heavy (non-hydrogen) atoms. The first kappa shape index (κ1) is 25.8. The fourth-order valence-corrected chi connectivity index (χ4v) is 4.74. The van der Waals surface area contributed by atoms with Crippen molar-refractivity contribution in [2.24, 2.45) is 0 Å². The van der Waals surface area contributed by atoms with E-state index < -0.39 is 24.0 Å². The van der Waals surface area contributed by atoms with Gasteiger partial charge in [-0.2, -0.15) is 0 Å². The van der Waals surface area contributed by atoms with E-state index in [4.69, 9.17) is 32.7 Å². The minimum atomic E-state index is -1.16. The monoisotopic (exact) mass is 531 g/mol. The van der Waals surface area contributed by atoms with Crippen LogP contribution in [0.3, 0.4) is 0 Å². The summed E-state index contributed by atoms with van der Waals surface area (Å²) in [7, 11) is 1.46. The lowest BCUT2D eigenvalue weighted by atomic mass is 9.91. The maximum atomic E-state index is 14.3. The first-order chi connectivity index (χ1) is 17.1. The summed E-state index contributed by atoms with van der Waals surface area (Å²) in [4.78, 5) is 26.2. The molecule has 1 N–H and O–H groups in total. The van der Waals surface area contributed by atoms with Crippen LogP contribution in [0.15, 0.2) is 54.6 Å². The van der Waals surface area contributed by atoms with Crippen LogP contribution in [0, 0.1) is 5.82 Å². The smallest absolute Gasteiger partial charge is 0.323 e. The summed E-state index contributed by atoms with van der Waals surface area (Å²) in [6.07, 6.45) is 0.739. The van der Waals surface area contributed by atoms with Crippen molar-refractivity contribution in [1.29, 1.82) is 0 Å². The van der Waals surface area contributed by atoms with Gasteiger partial charge in [-0.25, -0.2) is 4.39 Å². The SMILES string of the molecule is COc1cc(C(=O)N(CC(=O)O)Cc2ccc(Cl)c(Cl)c2)cc2c1OC(C)(Cc1ccccc1F)C2. The fraction of sp³-hybridized carbons (Fsp3) is 0.259. The summed E-state index contributed by atoms with van der Waals surface area (Å²) >= 11 is 12.1. The number of nitrogens with zero attached hydrogens (tertiary/aromatic N) is 1. The molecule has 0 aliphatic carbocycles. The number of amides is 1. The van der Waals surface area contributed by atoms with E-state index in [0.29, 0.717) is 45.5 Å². The number of carboxylic acids is 1. The molecule has 1 aliphatic heterocycles. The molecule has 3 aromatic carbocycles. The van der Waals surface area contributed by atoms with Gasteiger partial charge in [0.2, 0.25) is 0 Å². The van der Waals surface area contributed by atoms with Crippen LogP contribution in [0.25, 0.3) is 0 Å². The minimum Gasteiger partial charge on any atom is -0.493 e. The van der Waals surface area contributed by atoms with E-state index in [1.807, 2.05) is 6.92 Å². The van der Waals surface area contributed by atoms with E-state index >= 15 is 0 Å². The number of benzene rings is 3. The Bertz CT molecular complexity index is 1330. The number of rotatable bonds is 8. The molecule has 1 atom stereocenters. The van der Waals surface area contributed by atoms with Crippen LogP contribution in [0.4, 0.5) is 4.39 Å². The first-order valence-electron chi connectivity index (χ1n) is 11.2. The maximum Gasteiger partial charge on any atom is 0.323 e. The van der Waals surface area contributed by atoms with E-state index in [-0.39, 0.29) is 17.9 Å². The second-order valence-electron chi connectivity index (χ2n) is 8.97.